The first-order chi connectivity index (χ1) is 18.1. The third-order valence-corrected chi connectivity index (χ3v) is 8.31. The van der Waals surface area contributed by atoms with Crippen LogP contribution in [0.5, 0.6) is 0 Å². The number of carbonyl (C=O) groups is 2. The Morgan fingerprint density at radius 2 is 1.89 bits per heavy atom. The van der Waals surface area contributed by atoms with Gasteiger partial charge in [0, 0.05) is 30.9 Å². The molecule has 202 valence electrons. The molecule has 3 N–H and O–H groups in total. The molecule has 0 radical (unpaired) electrons. The van der Waals surface area contributed by atoms with Crippen LogP contribution in [0.3, 0.4) is 0 Å². The highest BCUT2D eigenvalue weighted by Crippen LogP contribution is 2.20. The number of fused-ring (bicyclic) bond motifs is 1. The minimum atomic E-state index is -3.88. The molecule has 10 nitrogen and oxygen atoms in total. The second-order valence-corrected chi connectivity index (χ2v) is 11.8. The lowest BCUT2D eigenvalue weighted by atomic mass is 10.0. The molecule has 1 saturated heterocycles. The quantitative estimate of drug-likeness (QED) is 0.398. The molecule has 3 atom stereocenters. The van der Waals surface area contributed by atoms with Gasteiger partial charge in [0.05, 0.1) is 23.2 Å². The van der Waals surface area contributed by atoms with Crippen LogP contribution < -0.4 is 10.6 Å². The molecule has 1 aromatic carbocycles. The number of sulfonamides is 1. The van der Waals surface area contributed by atoms with Gasteiger partial charge in [-0.25, -0.2) is 13.4 Å². The summed E-state index contributed by atoms with van der Waals surface area (Å²) in [6.07, 6.45) is 2.98. The fourth-order valence-electron chi connectivity index (χ4n) is 4.55. The Morgan fingerprint density at radius 3 is 2.63 bits per heavy atom. The minimum Gasteiger partial charge on any atom is -0.390 e. The van der Waals surface area contributed by atoms with Crippen molar-refractivity contribution in [1.29, 1.82) is 0 Å². The number of rotatable bonds is 8. The summed E-state index contributed by atoms with van der Waals surface area (Å²) in [5, 5.41) is 17.3. The van der Waals surface area contributed by atoms with Crippen molar-refractivity contribution in [1.82, 2.24) is 24.9 Å². The number of benzene rings is 1. The van der Waals surface area contributed by atoms with Gasteiger partial charge in [-0.2, -0.15) is 4.31 Å². The summed E-state index contributed by atoms with van der Waals surface area (Å²) in [6.45, 7) is 3.92. The van der Waals surface area contributed by atoms with E-state index in [4.69, 9.17) is 0 Å². The molecular formula is C27H33N5O5S. The Balaban J connectivity index is 1.44. The molecule has 11 heteroatoms. The molecule has 1 aliphatic heterocycles. The topological polar surface area (TPSA) is 142 Å². The number of carbonyl (C=O) groups excluding carboxylic acids is 2. The van der Waals surface area contributed by atoms with E-state index in [0.717, 1.165) is 10.9 Å². The van der Waals surface area contributed by atoms with E-state index in [9.17, 15) is 23.1 Å². The number of aliphatic hydroxyl groups is 1. The lowest BCUT2D eigenvalue weighted by Gasteiger charge is -2.27. The Labute approximate surface area is 222 Å². The van der Waals surface area contributed by atoms with Gasteiger partial charge in [-0.05, 0) is 49.4 Å². The molecule has 0 bridgehead atoms. The van der Waals surface area contributed by atoms with Crippen molar-refractivity contribution in [3.05, 3.63) is 66.5 Å². The summed E-state index contributed by atoms with van der Waals surface area (Å²) in [6, 6.07) is 12.3. The monoisotopic (exact) mass is 539 g/mol. The number of aromatic nitrogens is 2. The van der Waals surface area contributed by atoms with E-state index in [1.165, 1.54) is 22.8 Å². The number of nitrogens with zero attached hydrogens (tertiary/aromatic N) is 3. The van der Waals surface area contributed by atoms with E-state index in [1.807, 2.05) is 38.1 Å². The summed E-state index contributed by atoms with van der Waals surface area (Å²) in [5.41, 5.74) is 1.11. The van der Waals surface area contributed by atoms with E-state index in [-0.39, 0.29) is 24.0 Å². The van der Waals surface area contributed by atoms with Crippen LogP contribution in [0.15, 0.2) is 66.0 Å². The predicted molar refractivity (Wildman–Crippen MR) is 143 cm³/mol. The largest absolute Gasteiger partial charge is 0.390 e. The summed E-state index contributed by atoms with van der Waals surface area (Å²) in [4.78, 5) is 34.6. The molecule has 2 unspecified atom stereocenters. The number of amides is 2. The van der Waals surface area contributed by atoms with Crippen molar-refractivity contribution in [2.24, 2.45) is 5.92 Å². The zero-order chi connectivity index (χ0) is 27.3. The number of nitrogens with one attached hydrogen (secondary N) is 2. The summed E-state index contributed by atoms with van der Waals surface area (Å²) >= 11 is 0. The molecule has 0 saturated carbocycles. The summed E-state index contributed by atoms with van der Waals surface area (Å²) in [7, 11) is -3.88. The maximum atomic E-state index is 13.3. The highest BCUT2D eigenvalue weighted by molar-refractivity contribution is 7.89. The average Bonchev–Trinajstić information content (AvgIpc) is 3.09. The lowest BCUT2D eigenvalue weighted by molar-refractivity contribution is -0.125. The second kappa shape index (κ2) is 12.0. The predicted octanol–water partition coefficient (Wildman–Crippen LogP) is 2.10. The van der Waals surface area contributed by atoms with Crippen molar-refractivity contribution in [3.8, 4) is 0 Å². The number of pyridine rings is 2. The Kier molecular flexibility index (Phi) is 8.70. The van der Waals surface area contributed by atoms with Crippen LogP contribution >= 0.6 is 0 Å². The highest BCUT2D eigenvalue weighted by atomic mass is 32.2. The Bertz CT molecular complexity index is 1380. The van der Waals surface area contributed by atoms with Crippen molar-refractivity contribution >= 4 is 32.7 Å². The van der Waals surface area contributed by atoms with Gasteiger partial charge in [-0.15, -0.1) is 0 Å². The van der Waals surface area contributed by atoms with E-state index in [2.05, 4.69) is 20.6 Å². The maximum Gasteiger partial charge on any atom is 0.260 e. The van der Waals surface area contributed by atoms with E-state index in [1.54, 1.807) is 18.2 Å². The van der Waals surface area contributed by atoms with Crippen LogP contribution in [-0.4, -0.2) is 70.9 Å². The van der Waals surface area contributed by atoms with Crippen molar-refractivity contribution in [2.75, 3.05) is 13.1 Å². The number of aliphatic hydroxyl groups excluding tert-OH is 1. The smallest absolute Gasteiger partial charge is 0.260 e. The van der Waals surface area contributed by atoms with Crippen LogP contribution in [0.2, 0.25) is 0 Å². The number of hydrogen-bond donors (Lipinski definition) is 3. The first-order valence-electron chi connectivity index (χ1n) is 12.7. The highest BCUT2D eigenvalue weighted by Gasteiger charge is 2.35. The Hall–Kier alpha value is -3.41. The molecular weight excluding hydrogens is 506 g/mol. The first-order valence-corrected chi connectivity index (χ1v) is 14.1. The van der Waals surface area contributed by atoms with Crippen LogP contribution in [-0.2, 0) is 14.8 Å². The zero-order valence-corrected chi connectivity index (χ0v) is 22.3. The molecule has 3 aromatic rings. The number of para-hydroxylation sites is 1. The fraction of sp³-hybridized carbons (Fsp3) is 0.407. The van der Waals surface area contributed by atoms with Gasteiger partial charge in [0.25, 0.3) is 15.9 Å². The SMILES string of the molecule is CC(C)CC(NC(=O)c1cnc2ccccc2c1)C(=O)NC1CCCN(S(=O)(=O)c2ccccn2)C[C@@H]1O. The molecule has 2 aromatic heterocycles. The van der Waals surface area contributed by atoms with Gasteiger partial charge in [0.15, 0.2) is 5.03 Å². The van der Waals surface area contributed by atoms with E-state index < -0.39 is 40.0 Å². The van der Waals surface area contributed by atoms with Crippen LogP contribution in [0, 0.1) is 5.92 Å². The Morgan fingerprint density at radius 1 is 1.13 bits per heavy atom. The van der Waals surface area contributed by atoms with Gasteiger partial charge in [0.1, 0.15) is 6.04 Å². The van der Waals surface area contributed by atoms with Crippen LogP contribution in [0.25, 0.3) is 10.9 Å². The van der Waals surface area contributed by atoms with Gasteiger partial charge in [0.2, 0.25) is 5.91 Å². The summed E-state index contributed by atoms with van der Waals surface area (Å²) in [5.74, 6) is -0.733. The van der Waals surface area contributed by atoms with Crippen molar-refractivity contribution < 1.29 is 23.1 Å². The molecule has 38 heavy (non-hydrogen) atoms. The van der Waals surface area contributed by atoms with Gasteiger partial charge >= 0.3 is 0 Å². The molecule has 3 heterocycles. The first kappa shape index (κ1) is 27.6. The van der Waals surface area contributed by atoms with Crippen LogP contribution in [0.4, 0.5) is 0 Å². The van der Waals surface area contributed by atoms with Gasteiger partial charge in [-0.3, -0.25) is 14.6 Å². The molecule has 0 spiro atoms. The van der Waals surface area contributed by atoms with E-state index >= 15 is 0 Å². The number of hydrogen-bond acceptors (Lipinski definition) is 7. The molecule has 1 fully saturated rings. The third-order valence-electron chi connectivity index (χ3n) is 6.53. The second-order valence-electron chi connectivity index (χ2n) is 9.93. The lowest BCUT2D eigenvalue weighted by Crippen LogP contribution is -2.54. The van der Waals surface area contributed by atoms with Gasteiger partial charge < -0.3 is 15.7 Å². The van der Waals surface area contributed by atoms with Gasteiger partial charge in [-0.1, -0.05) is 38.1 Å². The van der Waals surface area contributed by atoms with Crippen molar-refractivity contribution in [2.45, 2.75) is 56.3 Å². The van der Waals surface area contributed by atoms with E-state index in [0.29, 0.717) is 24.8 Å². The summed E-state index contributed by atoms with van der Waals surface area (Å²) < 4.78 is 27.2. The molecule has 2 amide bonds. The number of β-amino-alcohol motifs (C(OH)–C–C–N with tert-alkyl or cyclic N) is 1. The molecule has 1 aliphatic rings. The van der Waals surface area contributed by atoms with Crippen LogP contribution in [0.1, 0.15) is 43.5 Å². The standard InChI is InChI=1S/C27H33N5O5S/c1-18(2)14-23(31-26(34)20-15-19-8-3-4-9-21(19)29-16-20)27(35)30-22-10-7-13-32(17-24(22)33)38(36,37)25-11-5-6-12-28-25/h3-6,8-9,11-12,15-16,18,22-24,33H,7,10,13-14,17H2,1-2H3,(H,30,35)(H,31,34)/t22?,23?,24-/m0/s1. The fourth-order valence-corrected chi connectivity index (χ4v) is 5.98. The molecule has 4 rings (SSSR count). The zero-order valence-electron chi connectivity index (χ0n) is 21.4. The molecule has 0 aliphatic carbocycles. The minimum absolute atomic E-state index is 0.0856. The maximum absolute atomic E-state index is 13.3. The normalized spacial score (nSPS) is 19.6. The average molecular weight is 540 g/mol. The van der Waals surface area contributed by atoms with Crippen molar-refractivity contribution in [3.63, 3.8) is 0 Å². The third kappa shape index (κ3) is 6.53.